The lowest BCUT2D eigenvalue weighted by Crippen LogP contribution is -2.48. The minimum atomic E-state index is -0.582. The quantitative estimate of drug-likeness (QED) is 0.666. The Labute approximate surface area is 164 Å². The van der Waals surface area contributed by atoms with Gasteiger partial charge in [0.1, 0.15) is 0 Å². The Morgan fingerprint density at radius 3 is 2.36 bits per heavy atom. The highest BCUT2D eigenvalue weighted by Gasteiger charge is 2.31. The summed E-state index contributed by atoms with van der Waals surface area (Å²) >= 11 is 0. The molecule has 28 heavy (non-hydrogen) atoms. The zero-order valence-corrected chi connectivity index (χ0v) is 16.7. The number of nitrogens with two attached hydrogens (primary N) is 1. The van der Waals surface area contributed by atoms with Crippen LogP contribution in [0.15, 0.2) is 48.5 Å². The van der Waals surface area contributed by atoms with Crippen LogP contribution >= 0.6 is 0 Å². The number of nitrogen functional groups attached to an aromatic ring is 1. The Hall–Kier alpha value is -3.15. The third-order valence-electron chi connectivity index (χ3n) is 4.73. The summed E-state index contributed by atoms with van der Waals surface area (Å²) in [5.74, 6) is -0.422. The summed E-state index contributed by atoms with van der Waals surface area (Å²) in [4.78, 5) is 25.0. The third kappa shape index (κ3) is 4.06. The van der Waals surface area contributed by atoms with Gasteiger partial charge in [0.25, 0.3) is 5.91 Å². The number of hydrogen-bond acceptors (Lipinski definition) is 4. The number of benzene rings is 2. The average Bonchev–Trinajstić information content (AvgIpc) is 2.99. The maximum atomic E-state index is 13.0. The van der Waals surface area contributed by atoms with Crippen molar-refractivity contribution in [3.8, 4) is 0 Å². The highest BCUT2D eigenvalue weighted by Crippen LogP contribution is 2.23. The number of carbonyl (C=O) groups excluding carboxylic acids is 2. The minimum absolute atomic E-state index is 0.0773. The molecule has 0 saturated carbocycles. The molecule has 3 rings (SSSR count). The van der Waals surface area contributed by atoms with E-state index < -0.39 is 6.04 Å². The third-order valence-corrected chi connectivity index (χ3v) is 4.73. The summed E-state index contributed by atoms with van der Waals surface area (Å²) < 4.78 is 1.80. The Morgan fingerprint density at radius 1 is 1.11 bits per heavy atom. The van der Waals surface area contributed by atoms with Crippen LogP contribution in [0.25, 0.3) is 10.9 Å². The van der Waals surface area contributed by atoms with Gasteiger partial charge in [-0.2, -0.15) is 5.10 Å². The summed E-state index contributed by atoms with van der Waals surface area (Å²) in [6.45, 7) is 7.79. The van der Waals surface area contributed by atoms with Crippen molar-refractivity contribution >= 4 is 28.3 Å². The first-order chi connectivity index (χ1) is 13.2. The lowest BCUT2D eigenvalue weighted by Gasteiger charge is -2.29. The molecule has 6 nitrogen and oxygen atoms in total. The van der Waals surface area contributed by atoms with Gasteiger partial charge >= 0.3 is 0 Å². The van der Waals surface area contributed by atoms with Gasteiger partial charge in [-0.05, 0) is 36.1 Å². The van der Waals surface area contributed by atoms with E-state index in [1.54, 1.807) is 4.68 Å². The second-order valence-electron chi connectivity index (χ2n) is 8.15. The number of rotatable bonds is 5. The maximum absolute atomic E-state index is 13.0. The van der Waals surface area contributed by atoms with Crippen LogP contribution in [0.5, 0.6) is 0 Å². The smallest absolute Gasteiger partial charge is 0.273 e. The predicted molar refractivity (Wildman–Crippen MR) is 111 cm³/mol. The van der Waals surface area contributed by atoms with Crippen molar-refractivity contribution in [2.45, 2.75) is 40.3 Å². The van der Waals surface area contributed by atoms with Gasteiger partial charge in [-0.15, -0.1) is 0 Å². The van der Waals surface area contributed by atoms with Crippen LogP contribution in [-0.2, 0) is 11.3 Å². The largest absolute Gasteiger partial charge is 0.399 e. The van der Waals surface area contributed by atoms with Crippen LogP contribution in [0.4, 0.5) is 5.69 Å². The van der Waals surface area contributed by atoms with Gasteiger partial charge < -0.3 is 11.1 Å². The van der Waals surface area contributed by atoms with Crippen LogP contribution in [0.3, 0.4) is 0 Å². The Morgan fingerprint density at radius 2 is 1.75 bits per heavy atom. The van der Waals surface area contributed by atoms with E-state index in [-0.39, 0.29) is 17.1 Å². The number of nitrogens with zero attached hydrogens (tertiary/aromatic N) is 2. The van der Waals surface area contributed by atoms with E-state index in [2.05, 4.69) is 10.4 Å². The van der Waals surface area contributed by atoms with E-state index in [0.29, 0.717) is 17.9 Å². The summed E-state index contributed by atoms with van der Waals surface area (Å²) in [7, 11) is 0. The first kappa shape index (κ1) is 19.6. The standard InChI is InChI=1S/C22H26N4O2/c1-14(27)20(22(2,3)4)24-21(28)19-17-7-5-6-8-18(17)26(25-19)13-15-9-11-16(23)12-10-15/h5-12,20H,13,23H2,1-4H3,(H,24,28). The Bertz CT molecular complexity index is 1010. The highest BCUT2D eigenvalue weighted by atomic mass is 16.2. The molecule has 0 aliphatic rings. The monoisotopic (exact) mass is 378 g/mol. The van der Waals surface area contributed by atoms with Crippen molar-refractivity contribution in [3.05, 3.63) is 59.8 Å². The molecule has 1 heterocycles. The van der Waals surface area contributed by atoms with Crippen molar-refractivity contribution in [2.75, 3.05) is 5.73 Å². The van der Waals surface area contributed by atoms with Crippen molar-refractivity contribution in [3.63, 3.8) is 0 Å². The van der Waals surface area contributed by atoms with Crippen LogP contribution in [-0.4, -0.2) is 27.5 Å². The van der Waals surface area contributed by atoms with Gasteiger partial charge in [-0.3, -0.25) is 14.3 Å². The number of para-hydroxylation sites is 1. The number of fused-ring (bicyclic) bond motifs is 1. The van der Waals surface area contributed by atoms with Crippen LogP contribution in [0.2, 0.25) is 0 Å². The summed E-state index contributed by atoms with van der Waals surface area (Å²) in [6.07, 6.45) is 0. The molecule has 0 fully saturated rings. The van der Waals surface area contributed by atoms with Crippen LogP contribution in [0, 0.1) is 5.41 Å². The second-order valence-corrected chi connectivity index (χ2v) is 8.15. The number of Topliss-reactive ketones (excluding diaryl/α,β-unsaturated/α-hetero) is 1. The van der Waals surface area contributed by atoms with E-state index in [1.807, 2.05) is 69.3 Å². The molecule has 0 saturated heterocycles. The Balaban J connectivity index is 1.96. The number of carbonyl (C=O) groups is 2. The zero-order valence-electron chi connectivity index (χ0n) is 16.7. The molecule has 0 spiro atoms. The molecule has 1 aromatic heterocycles. The molecule has 1 atom stereocenters. The summed E-state index contributed by atoms with van der Waals surface area (Å²) in [5, 5.41) is 8.19. The number of amides is 1. The molecule has 0 bridgehead atoms. The number of ketones is 1. The number of anilines is 1. The zero-order chi connectivity index (χ0) is 20.5. The molecule has 1 unspecified atom stereocenters. The SMILES string of the molecule is CC(=O)C(NC(=O)c1nn(Cc2ccc(N)cc2)c2ccccc12)C(C)(C)C. The molecular weight excluding hydrogens is 352 g/mol. The average molecular weight is 378 g/mol. The fraction of sp³-hybridized carbons (Fsp3) is 0.318. The van der Waals surface area contributed by atoms with E-state index in [0.717, 1.165) is 16.5 Å². The molecule has 6 heteroatoms. The van der Waals surface area contributed by atoms with Crippen molar-refractivity contribution in [1.29, 1.82) is 0 Å². The Kier molecular flexibility index (Phi) is 5.23. The number of hydrogen-bond donors (Lipinski definition) is 2. The first-order valence-electron chi connectivity index (χ1n) is 9.28. The number of nitrogens with one attached hydrogen (secondary N) is 1. The molecular formula is C22H26N4O2. The van der Waals surface area contributed by atoms with Crippen LogP contribution < -0.4 is 11.1 Å². The molecule has 3 N–H and O–H groups in total. The molecule has 0 radical (unpaired) electrons. The molecule has 146 valence electrons. The van der Waals surface area contributed by atoms with Crippen LogP contribution in [0.1, 0.15) is 43.7 Å². The van der Waals surface area contributed by atoms with E-state index >= 15 is 0 Å². The second kappa shape index (κ2) is 7.46. The lowest BCUT2D eigenvalue weighted by atomic mass is 9.84. The van der Waals surface area contributed by atoms with Crippen molar-refractivity contribution < 1.29 is 9.59 Å². The van der Waals surface area contributed by atoms with Gasteiger partial charge in [0.2, 0.25) is 0 Å². The predicted octanol–water partition coefficient (Wildman–Crippen LogP) is 3.40. The van der Waals surface area contributed by atoms with Gasteiger partial charge in [0.15, 0.2) is 11.5 Å². The normalized spacial score (nSPS) is 12.7. The summed E-state index contributed by atoms with van der Waals surface area (Å²) in [5.41, 5.74) is 8.29. The van der Waals surface area contributed by atoms with E-state index in [1.165, 1.54) is 6.92 Å². The minimum Gasteiger partial charge on any atom is -0.399 e. The highest BCUT2D eigenvalue weighted by molar-refractivity contribution is 6.06. The van der Waals surface area contributed by atoms with E-state index in [9.17, 15) is 9.59 Å². The van der Waals surface area contributed by atoms with Gasteiger partial charge in [0, 0.05) is 11.1 Å². The van der Waals surface area contributed by atoms with Gasteiger partial charge in [-0.1, -0.05) is 51.1 Å². The van der Waals surface area contributed by atoms with Crippen molar-refractivity contribution in [1.82, 2.24) is 15.1 Å². The number of aromatic nitrogens is 2. The van der Waals surface area contributed by atoms with Gasteiger partial charge in [-0.25, -0.2) is 0 Å². The molecule has 0 aliphatic carbocycles. The molecule has 0 aliphatic heterocycles. The first-order valence-corrected chi connectivity index (χ1v) is 9.28. The van der Waals surface area contributed by atoms with E-state index in [4.69, 9.17) is 5.73 Å². The fourth-order valence-corrected chi connectivity index (χ4v) is 3.34. The maximum Gasteiger partial charge on any atom is 0.273 e. The fourth-order valence-electron chi connectivity index (χ4n) is 3.34. The van der Waals surface area contributed by atoms with Gasteiger partial charge in [0.05, 0.1) is 18.1 Å². The van der Waals surface area contributed by atoms with Crippen molar-refractivity contribution in [2.24, 2.45) is 5.41 Å². The molecule has 1 amide bonds. The topological polar surface area (TPSA) is 90.0 Å². The molecule has 2 aromatic carbocycles. The molecule has 3 aromatic rings. The summed E-state index contributed by atoms with van der Waals surface area (Å²) in [6, 6.07) is 14.6. The lowest BCUT2D eigenvalue weighted by molar-refractivity contribution is -0.121.